The average molecular weight is 362 g/mol. The van der Waals surface area contributed by atoms with Crippen LogP contribution in [-0.4, -0.2) is 12.2 Å². The molecule has 1 heteroatoms. The van der Waals surface area contributed by atoms with Crippen molar-refractivity contribution in [3.05, 3.63) is 102 Å². The lowest BCUT2D eigenvalue weighted by molar-refractivity contribution is 0.0888. The molecule has 2 aliphatic carbocycles. The van der Waals surface area contributed by atoms with Crippen LogP contribution in [0.4, 0.5) is 0 Å². The molecule has 1 nitrogen and oxygen atoms in total. The Balaban J connectivity index is 1.57. The Kier molecular flexibility index (Phi) is 3.48. The van der Waals surface area contributed by atoms with E-state index in [1.165, 1.54) is 38.2 Å². The van der Waals surface area contributed by atoms with Gasteiger partial charge in [-0.1, -0.05) is 85.0 Å². The highest BCUT2D eigenvalue weighted by molar-refractivity contribution is 6.12. The summed E-state index contributed by atoms with van der Waals surface area (Å²) < 4.78 is 6.40. The molecule has 1 saturated heterocycles. The maximum atomic E-state index is 6.40. The van der Waals surface area contributed by atoms with E-state index in [0.29, 0.717) is 11.8 Å². The van der Waals surface area contributed by atoms with Gasteiger partial charge >= 0.3 is 0 Å². The first-order valence-electron chi connectivity index (χ1n) is 10.1. The quantitative estimate of drug-likeness (QED) is 0.456. The first-order chi connectivity index (χ1) is 13.8. The number of hydrogen-bond acceptors (Lipinski definition) is 1. The molecule has 1 fully saturated rings. The molecule has 28 heavy (non-hydrogen) atoms. The second kappa shape index (κ2) is 6.05. The number of fused-ring (bicyclic) bond motifs is 5. The van der Waals surface area contributed by atoms with Gasteiger partial charge in [-0.05, 0) is 51.2 Å². The van der Waals surface area contributed by atoms with Crippen molar-refractivity contribution >= 4 is 27.1 Å². The van der Waals surface area contributed by atoms with Crippen molar-refractivity contribution in [2.45, 2.75) is 19.1 Å². The molecule has 3 aromatic rings. The zero-order valence-corrected chi connectivity index (χ0v) is 15.9. The number of rotatable bonds is 1. The van der Waals surface area contributed by atoms with E-state index < -0.39 is 0 Å². The second-order valence-electron chi connectivity index (χ2n) is 8.06. The van der Waals surface area contributed by atoms with Gasteiger partial charge in [0.2, 0.25) is 0 Å². The van der Waals surface area contributed by atoms with Gasteiger partial charge in [-0.3, -0.25) is 0 Å². The van der Waals surface area contributed by atoms with Crippen LogP contribution in [0.2, 0.25) is 0 Å². The SMILES string of the molecule is Cc1c2ccccc2c(C2=CC3OC4C=CC=CC4C3C=C2)c2ccccc12. The molecule has 0 amide bonds. The van der Waals surface area contributed by atoms with E-state index in [0.717, 1.165) is 0 Å². The Morgan fingerprint density at radius 2 is 1.29 bits per heavy atom. The lowest BCUT2D eigenvalue weighted by Gasteiger charge is -2.23. The van der Waals surface area contributed by atoms with Crippen LogP contribution in [0, 0.1) is 18.8 Å². The van der Waals surface area contributed by atoms with Gasteiger partial charge in [0.05, 0.1) is 12.2 Å². The van der Waals surface area contributed by atoms with Gasteiger partial charge < -0.3 is 4.74 Å². The van der Waals surface area contributed by atoms with Crippen molar-refractivity contribution in [1.29, 1.82) is 0 Å². The Hall–Kier alpha value is -2.90. The van der Waals surface area contributed by atoms with E-state index in [9.17, 15) is 0 Å². The summed E-state index contributed by atoms with van der Waals surface area (Å²) in [6, 6.07) is 17.6. The van der Waals surface area contributed by atoms with Gasteiger partial charge in [0.25, 0.3) is 0 Å². The van der Waals surface area contributed by atoms with E-state index in [2.05, 4.69) is 98.0 Å². The lowest BCUT2D eigenvalue weighted by Crippen LogP contribution is -2.19. The van der Waals surface area contributed by atoms with E-state index in [1.54, 1.807) is 0 Å². The molecule has 0 N–H and O–H groups in total. The summed E-state index contributed by atoms with van der Waals surface area (Å²) in [5, 5.41) is 5.31. The van der Waals surface area contributed by atoms with Gasteiger partial charge in [0, 0.05) is 11.8 Å². The number of aryl methyl sites for hydroxylation is 1. The normalized spacial score (nSPS) is 27.8. The largest absolute Gasteiger partial charge is 0.366 e. The maximum absolute atomic E-state index is 6.40. The summed E-state index contributed by atoms with van der Waals surface area (Å²) >= 11 is 0. The molecule has 4 unspecified atom stereocenters. The van der Waals surface area contributed by atoms with Gasteiger partial charge in [0.15, 0.2) is 0 Å². The predicted molar refractivity (Wildman–Crippen MR) is 117 cm³/mol. The molecule has 6 rings (SSSR count). The van der Waals surface area contributed by atoms with Crippen LogP contribution in [0.25, 0.3) is 27.1 Å². The highest BCUT2D eigenvalue weighted by Crippen LogP contribution is 2.44. The third kappa shape index (κ3) is 2.23. The molecule has 136 valence electrons. The second-order valence-corrected chi connectivity index (χ2v) is 8.06. The smallest absolute Gasteiger partial charge is 0.0842 e. The van der Waals surface area contributed by atoms with Crippen LogP contribution in [0.1, 0.15) is 11.1 Å². The minimum absolute atomic E-state index is 0.140. The number of allylic oxidation sites excluding steroid dienone is 4. The molecule has 0 saturated carbocycles. The predicted octanol–water partition coefficient (Wildman–Crippen LogP) is 6.38. The van der Waals surface area contributed by atoms with Crippen molar-refractivity contribution in [3.63, 3.8) is 0 Å². The van der Waals surface area contributed by atoms with Crippen molar-refractivity contribution in [2.75, 3.05) is 0 Å². The van der Waals surface area contributed by atoms with E-state index >= 15 is 0 Å². The summed E-state index contributed by atoms with van der Waals surface area (Å²) in [6.45, 7) is 2.24. The fourth-order valence-electron chi connectivity index (χ4n) is 5.24. The van der Waals surface area contributed by atoms with Crippen LogP contribution < -0.4 is 0 Å². The highest BCUT2D eigenvalue weighted by atomic mass is 16.5. The summed E-state index contributed by atoms with van der Waals surface area (Å²) in [7, 11) is 0. The van der Waals surface area contributed by atoms with E-state index in [4.69, 9.17) is 4.74 Å². The topological polar surface area (TPSA) is 9.23 Å². The molecule has 3 aromatic carbocycles. The molecule has 3 aliphatic rings. The van der Waals surface area contributed by atoms with Crippen LogP contribution in [-0.2, 0) is 4.74 Å². The van der Waals surface area contributed by atoms with Crippen LogP contribution >= 0.6 is 0 Å². The maximum Gasteiger partial charge on any atom is 0.0842 e. The number of benzene rings is 3. The fraction of sp³-hybridized carbons (Fsp3) is 0.185. The summed E-state index contributed by atoms with van der Waals surface area (Å²) in [4.78, 5) is 0. The third-order valence-corrected chi connectivity index (χ3v) is 6.59. The van der Waals surface area contributed by atoms with Crippen LogP contribution in [0.15, 0.2) is 91.1 Å². The minimum Gasteiger partial charge on any atom is -0.366 e. The standard InChI is InChI=1S/C27H22O/c1-17-19-8-2-4-11-23(19)27(24-12-5-3-9-20(17)24)18-14-15-22-21-10-6-7-13-25(21)28-26(22)16-18/h2-16,21-22,25-26H,1H3. The van der Waals surface area contributed by atoms with Crippen molar-refractivity contribution in [3.8, 4) is 0 Å². The molecule has 0 radical (unpaired) electrons. The lowest BCUT2D eigenvalue weighted by atomic mass is 9.79. The van der Waals surface area contributed by atoms with E-state index in [-0.39, 0.29) is 12.2 Å². The zero-order chi connectivity index (χ0) is 18.7. The van der Waals surface area contributed by atoms with Gasteiger partial charge in [-0.2, -0.15) is 0 Å². The minimum atomic E-state index is 0.140. The van der Waals surface area contributed by atoms with Crippen molar-refractivity contribution < 1.29 is 4.74 Å². The Morgan fingerprint density at radius 1 is 0.679 bits per heavy atom. The molecule has 0 bridgehead atoms. The molecule has 0 aromatic heterocycles. The molecular weight excluding hydrogens is 340 g/mol. The highest BCUT2D eigenvalue weighted by Gasteiger charge is 2.41. The monoisotopic (exact) mass is 362 g/mol. The average Bonchev–Trinajstić information content (AvgIpc) is 3.12. The summed E-state index contributed by atoms with van der Waals surface area (Å²) in [5.74, 6) is 0.883. The Labute approximate surface area is 165 Å². The van der Waals surface area contributed by atoms with E-state index in [1.807, 2.05) is 0 Å². The van der Waals surface area contributed by atoms with Gasteiger partial charge in [0.1, 0.15) is 0 Å². The first-order valence-corrected chi connectivity index (χ1v) is 10.1. The molecule has 1 heterocycles. The zero-order valence-electron chi connectivity index (χ0n) is 15.9. The summed E-state index contributed by atoms with van der Waals surface area (Å²) in [6.07, 6.45) is 16.1. The molecule has 4 atom stereocenters. The van der Waals surface area contributed by atoms with Gasteiger partial charge in [-0.25, -0.2) is 0 Å². The number of ether oxygens (including phenoxy) is 1. The van der Waals surface area contributed by atoms with Crippen molar-refractivity contribution in [1.82, 2.24) is 0 Å². The summed E-state index contributed by atoms with van der Waals surface area (Å²) in [5.41, 5.74) is 3.96. The third-order valence-electron chi connectivity index (χ3n) is 6.59. The molecular formula is C27H22O. The molecule has 0 spiro atoms. The Morgan fingerprint density at radius 3 is 2.00 bits per heavy atom. The first kappa shape index (κ1) is 16.1. The van der Waals surface area contributed by atoms with Crippen LogP contribution in [0.5, 0.6) is 0 Å². The van der Waals surface area contributed by atoms with Gasteiger partial charge in [-0.15, -0.1) is 0 Å². The van der Waals surface area contributed by atoms with Crippen molar-refractivity contribution in [2.24, 2.45) is 11.8 Å². The van der Waals surface area contributed by atoms with Crippen LogP contribution in [0.3, 0.4) is 0 Å². The molecule has 1 aliphatic heterocycles. The Bertz CT molecular complexity index is 1170. The fourth-order valence-corrected chi connectivity index (χ4v) is 5.24. The number of hydrogen-bond donors (Lipinski definition) is 0.